The van der Waals surface area contributed by atoms with Gasteiger partial charge in [-0.15, -0.1) is 0 Å². The van der Waals surface area contributed by atoms with Crippen molar-refractivity contribution in [3.63, 3.8) is 0 Å². The second-order valence-electron chi connectivity index (χ2n) is 7.18. The molecule has 0 unspecified atom stereocenters. The molecule has 0 aliphatic heterocycles. The van der Waals surface area contributed by atoms with Gasteiger partial charge in [0.25, 0.3) is 0 Å². The smallest absolute Gasteiger partial charge is 0.168 e. The average Bonchev–Trinajstić information content (AvgIpc) is 2.81. The van der Waals surface area contributed by atoms with Gasteiger partial charge >= 0.3 is 0 Å². The van der Waals surface area contributed by atoms with E-state index in [4.69, 9.17) is 35.9 Å². The van der Waals surface area contributed by atoms with Gasteiger partial charge in [0.1, 0.15) is 0 Å². The molecule has 0 fully saturated rings. The van der Waals surface area contributed by atoms with Gasteiger partial charge in [0.2, 0.25) is 0 Å². The Kier molecular flexibility index (Phi) is 13.4. The topological polar surface area (TPSA) is 76.1 Å². The molecule has 3 aromatic rings. The van der Waals surface area contributed by atoms with Crippen LogP contribution in [0.25, 0.3) is 11.1 Å². The van der Waals surface area contributed by atoms with Crippen LogP contribution in [0, 0.1) is 6.92 Å². The lowest BCUT2D eigenvalue weighted by Crippen LogP contribution is -2.19. The molecular weight excluding hydrogens is 444 g/mol. The predicted molar refractivity (Wildman–Crippen MR) is 154 cm³/mol. The van der Waals surface area contributed by atoms with Crippen molar-refractivity contribution in [2.45, 2.75) is 47.0 Å². The third-order valence-electron chi connectivity index (χ3n) is 4.60. The van der Waals surface area contributed by atoms with Gasteiger partial charge in [0, 0.05) is 11.4 Å². The summed E-state index contributed by atoms with van der Waals surface area (Å²) < 4.78 is 0. The summed E-state index contributed by atoms with van der Waals surface area (Å²) in [7, 11) is 0. The Bertz CT molecular complexity index is 1000. The molecule has 0 atom stereocenters. The monoisotopic (exact) mass is 480 g/mol. The number of nitrogens with two attached hydrogens (primary N) is 2. The van der Waals surface area contributed by atoms with Crippen molar-refractivity contribution >= 4 is 46.0 Å². The molecule has 6 N–H and O–H groups in total. The van der Waals surface area contributed by atoms with Crippen LogP contribution >= 0.6 is 24.4 Å². The van der Waals surface area contributed by atoms with Gasteiger partial charge in [-0.1, -0.05) is 81.8 Å². The molecule has 0 bridgehead atoms. The molecule has 0 aromatic heterocycles. The Hall–Kier alpha value is -2.96. The third kappa shape index (κ3) is 10.9. The highest BCUT2D eigenvalue weighted by atomic mass is 32.1. The molecular formula is C27H36N4S2. The molecule has 176 valence electrons. The molecule has 0 radical (unpaired) electrons. The first-order chi connectivity index (χ1) is 15.9. The molecule has 0 aliphatic carbocycles. The van der Waals surface area contributed by atoms with E-state index in [1.54, 1.807) is 0 Å². The van der Waals surface area contributed by atoms with Crippen molar-refractivity contribution in [1.82, 2.24) is 0 Å². The Labute approximate surface area is 209 Å². The van der Waals surface area contributed by atoms with Crippen molar-refractivity contribution < 1.29 is 0 Å². The molecule has 6 heteroatoms. The number of hydrogen-bond donors (Lipinski definition) is 4. The van der Waals surface area contributed by atoms with E-state index in [0.717, 1.165) is 23.4 Å². The normalized spacial score (nSPS) is 9.45. The zero-order chi connectivity index (χ0) is 24.6. The quantitative estimate of drug-likeness (QED) is 0.284. The van der Waals surface area contributed by atoms with Crippen LogP contribution in [-0.2, 0) is 6.42 Å². The van der Waals surface area contributed by atoms with E-state index in [1.807, 2.05) is 56.3 Å². The summed E-state index contributed by atoms with van der Waals surface area (Å²) in [5.74, 6) is 0. The maximum absolute atomic E-state index is 5.43. The molecule has 0 spiro atoms. The van der Waals surface area contributed by atoms with Crippen LogP contribution in [-0.4, -0.2) is 10.2 Å². The summed E-state index contributed by atoms with van der Waals surface area (Å²) in [6.07, 6.45) is 3.61. The van der Waals surface area contributed by atoms with E-state index in [2.05, 4.69) is 54.8 Å². The van der Waals surface area contributed by atoms with Gasteiger partial charge in [-0.2, -0.15) is 0 Å². The zero-order valence-corrected chi connectivity index (χ0v) is 21.7. The van der Waals surface area contributed by atoms with Crippen LogP contribution in [0.5, 0.6) is 0 Å². The van der Waals surface area contributed by atoms with Crippen molar-refractivity contribution in [3.8, 4) is 11.1 Å². The lowest BCUT2D eigenvalue weighted by molar-refractivity contribution is 0.794. The van der Waals surface area contributed by atoms with E-state index < -0.39 is 0 Å². The number of rotatable bonds is 6. The summed E-state index contributed by atoms with van der Waals surface area (Å²) in [5.41, 5.74) is 17.7. The molecule has 0 aliphatic rings. The molecule has 0 heterocycles. The van der Waals surface area contributed by atoms with Gasteiger partial charge < -0.3 is 22.1 Å². The molecule has 0 amide bonds. The predicted octanol–water partition coefficient (Wildman–Crippen LogP) is 7.03. The van der Waals surface area contributed by atoms with Gasteiger partial charge in [-0.25, -0.2) is 0 Å². The number of thiocarbonyl (C=S) groups is 2. The van der Waals surface area contributed by atoms with Crippen LogP contribution in [0.15, 0.2) is 72.8 Å². The fourth-order valence-corrected chi connectivity index (χ4v) is 3.31. The minimum absolute atomic E-state index is 0.283. The third-order valence-corrected chi connectivity index (χ3v) is 4.81. The Balaban J connectivity index is 0.000000308. The van der Waals surface area contributed by atoms with E-state index >= 15 is 0 Å². The molecule has 33 heavy (non-hydrogen) atoms. The van der Waals surface area contributed by atoms with Gasteiger partial charge in [0.05, 0.1) is 0 Å². The van der Waals surface area contributed by atoms with E-state index in [-0.39, 0.29) is 5.11 Å². The van der Waals surface area contributed by atoms with Crippen molar-refractivity contribution in [3.05, 3.63) is 83.9 Å². The highest BCUT2D eigenvalue weighted by Gasteiger charge is 2.01. The molecule has 3 aromatic carbocycles. The van der Waals surface area contributed by atoms with Crippen LogP contribution < -0.4 is 22.1 Å². The number of anilines is 2. The van der Waals surface area contributed by atoms with Crippen LogP contribution in [0.4, 0.5) is 11.4 Å². The lowest BCUT2D eigenvalue weighted by Gasteiger charge is -2.09. The van der Waals surface area contributed by atoms with Gasteiger partial charge in [0.15, 0.2) is 10.2 Å². The largest absolute Gasteiger partial charge is 0.376 e. The summed E-state index contributed by atoms with van der Waals surface area (Å²) >= 11 is 9.61. The number of benzene rings is 3. The van der Waals surface area contributed by atoms with Crippen molar-refractivity contribution in [1.29, 1.82) is 0 Å². The first kappa shape index (κ1) is 28.1. The number of aryl methyl sites for hydroxylation is 2. The Morgan fingerprint density at radius 2 is 1.42 bits per heavy atom. The number of hydrogen-bond acceptors (Lipinski definition) is 2. The maximum Gasteiger partial charge on any atom is 0.168 e. The highest BCUT2D eigenvalue weighted by Crippen LogP contribution is 2.22. The molecule has 0 saturated carbocycles. The highest BCUT2D eigenvalue weighted by molar-refractivity contribution is 7.80. The average molecular weight is 481 g/mol. The number of unbranched alkanes of at least 4 members (excludes halogenated alkanes) is 1. The first-order valence-electron chi connectivity index (χ1n) is 11.3. The summed E-state index contributed by atoms with van der Waals surface area (Å²) in [6, 6.07) is 24.5. The second kappa shape index (κ2) is 15.8. The molecule has 0 saturated heterocycles. The lowest BCUT2D eigenvalue weighted by atomic mass is 10.0. The fourth-order valence-electron chi connectivity index (χ4n) is 3.08. The first-order valence-corrected chi connectivity index (χ1v) is 12.1. The second-order valence-corrected chi connectivity index (χ2v) is 8.06. The van der Waals surface area contributed by atoms with E-state index in [0.29, 0.717) is 5.11 Å². The molecule has 3 rings (SSSR count). The van der Waals surface area contributed by atoms with Crippen molar-refractivity contribution in [2.24, 2.45) is 11.5 Å². The Morgan fingerprint density at radius 1 is 0.788 bits per heavy atom. The van der Waals surface area contributed by atoms with E-state index in [1.165, 1.54) is 29.5 Å². The SMILES string of the molecule is CC.CCCCc1ccc(NC(N)=S)c(C)c1.NC(=S)Nc1cccc(-c2ccccc2)c1. The summed E-state index contributed by atoms with van der Waals surface area (Å²) in [4.78, 5) is 0. The van der Waals surface area contributed by atoms with E-state index in [9.17, 15) is 0 Å². The van der Waals surface area contributed by atoms with Crippen LogP contribution in [0.1, 0.15) is 44.7 Å². The van der Waals surface area contributed by atoms with Crippen LogP contribution in [0.2, 0.25) is 0 Å². The number of nitrogens with one attached hydrogen (secondary N) is 2. The van der Waals surface area contributed by atoms with Crippen molar-refractivity contribution in [2.75, 3.05) is 10.6 Å². The summed E-state index contributed by atoms with van der Waals surface area (Å²) in [5, 5.41) is 6.49. The van der Waals surface area contributed by atoms with Gasteiger partial charge in [-0.05, 0) is 84.7 Å². The maximum atomic E-state index is 5.43. The van der Waals surface area contributed by atoms with Gasteiger partial charge in [-0.3, -0.25) is 0 Å². The minimum atomic E-state index is 0.283. The summed E-state index contributed by atoms with van der Waals surface area (Å²) in [6.45, 7) is 8.27. The zero-order valence-electron chi connectivity index (χ0n) is 20.0. The molecule has 4 nitrogen and oxygen atoms in total. The van der Waals surface area contributed by atoms with Crippen LogP contribution in [0.3, 0.4) is 0 Å². The minimum Gasteiger partial charge on any atom is -0.376 e. The Morgan fingerprint density at radius 3 is 2.00 bits per heavy atom. The standard InChI is InChI=1S/C13H12N2S.C12H18N2S.C2H6/c14-13(16)15-12-8-4-7-11(9-12)10-5-2-1-3-6-10;1-3-4-5-10-6-7-11(9(2)8-10)14-12(13)15;1-2/h1-9H,(H3,14,15,16);6-8H,3-5H2,1-2H3,(H3,13,14,15);1-2H3. The fraction of sp³-hybridized carbons (Fsp3) is 0.259.